The largest absolute Gasteiger partial charge is 0.493 e. The van der Waals surface area contributed by atoms with E-state index in [1.165, 1.54) is 0 Å². The maximum Gasteiger partial charge on any atom is 0.224 e. The number of carbonyl (C=O) groups is 1. The molecule has 1 aromatic carbocycles. The first kappa shape index (κ1) is 13.7. The SMILES string of the molecule is CCOc1cc(NC(=O)CC2CNC2)ccc1OC. The van der Waals surface area contributed by atoms with Gasteiger partial charge in [-0.05, 0) is 38.1 Å². The molecule has 19 heavy (non-hydrogen) atoms. The van der Waals surface area contributed by atoms with Gasteiger partial charge in [0.25, 0.3) is 0 Å². The van der Waals surface area contributed by atoms with Gasteiger partial charge in [0.15, 0.2) is 11.5 Å². The number of nitrogens with one attached hydrogen (secondary N) is 2. The van der Waals surface area contributed by atoms with Crippen molar-refractivity contribution in [2.45, 2.75) is 13.3 Å². The minimum absolute atomic E-state index is 0.0408. The third kappa shape index (κ3) is 3.61. The van der Waals surface area contributed by atoms with Gasteiger partial charge >= 0.3 is 0 Å². The molecule has 0 unspecified atom stereocenters. The number of rotatable bonds is 6. The molecule has 2 N–H and O–H groups in total. The first-order valence-corrected chi connectivity index (χ1v) is 6.54. The minimum Gasteiger partial charge on any atom is -0.493 e. The molecule has 1 aromatic rings. The van der Waals surface area contributed by atoms with Crippen LogP contribution >= 0.6 is 0 Å². The van der Waals surface area contributed by atoms with Crippen LogP contribution in [0, 0.1) is 5.92 Å². The van der Waals surface area contributed by atoms with Gasteiger partial charge < -0.3 is 20.1 Å². The lowest BCUT2D eigenvalue weighted by Crippen LogP contribution is -2.43. The molecule has 0 bridgehead atoms. The van der Waals surface area contributed by atoms with Crippen molar-refractivity contribution in [1.82, 2.24) is 5.32 Å². The van der Waals surface area contributed by atoms with Crippen LogP contribution in [-0.4, -0.2) is 32.7 Å². The molecular weight excluding hydrogens is 244 g/mol. The Balaban J connectivity index is 1.98. The molecule has 0 saturated carbocycles. The van der Waals surface area contributed by atoms with Crippen LogP contribution in [0.3, 0.4) is 0 Å². The van der Waals surface area contributed by atoms with Gasteiger partial charge in [-0.3, -0.25) is 4.79 Å². The van der Waals surface area contributed by atoms with Crippen molar-refractivity contribution in [2.75, 3.05) is 32.1 Å². The van der Waals surface area contributed by atoms with E-state index >= 15 is 0 Å². The van der Waals surface area contributed by atoms with E-state index in [-0.39, 0.29) is 5.91 Å². The molecule has 1 amide bonds. The van der Waals surface area contributed by atoms with Gasteiger partial charge in [-0.15, -0.1) is 0 Å². The summed E-state index contributed by atoms with van der Waals surface area (Å²) < 4.78 is 10.7. The Labute approximate surface area is 113 Å². The Kier molecular flexibility index (Phi) is 4.63. The van der Waals surface area contributed by atoms with Crippen LogP contribution in [0.15, 0.2) is 18.2 Å². The van der Waals surface area contributed by atoms with Crippen LogP contribution in [0.4, 0.5) is 5.69 Å². The van der Waals surface area contributed by atoms with Crippen molar-refractivity contribution in [3.05, 3.63) is 18.2 Å². The first-order chi connectivity index (χ1) is 9.22. The second-order valence-electron chi connectivity index (χ2n) is 4.58. The van der Waals surface area contributed by atoms with Crippen molar-refractivity contribution in [2.24, 2.45) is 5.92 Å². The number of methoxy groups -OCH3 is 1. The van der Waals surface area contributed by atoms with Crippen LogP contribution in [-0.2, 0) is 4.79 Å². The number of ether oxygens (including phenoxy) is 2. The van der Waals surface area contributed by atoms with Gasteiger partial charge in [-0.2, -0.15) is 0 Å². The summed E-state index contributed by atoms with van der Waals surface area (Å²) in [5.41, 5.74) is 0.738. The van der Waals surface area contributed by atoms with Gasteiger partial charge in [0, 0.05) is 18.2 Å². The topological polar surface area (TPSA) is 59.6 Å². The molecule has 0 aromatic heterocycles. The fraction of sp³-hybridized carbons (Fsp3) is 0.500. The van der Waals surface area contributed by atoms with Crippen molar-refractivity contribution in [3.63, 3.8) is 0 Å². The summed E-state index contributed by atoms with van der Waals surface area (Å²) >= 11 is 0. The summed E-state index contributed by atoms with van der Waals surface area (Å²) in [7, 11) is 1.60. The highest BCUT2D eigenvalue weighted by Gasteiger charge is 2.20. The average Bonchev–Trinajstić information content (AvgIpc) is 2.35. The molecule has 0 aliphatic carbocycles. The van der Waals surface area contributed by atoms with Gasteiger partial charge in [0.05, 0.1) is 13.7 Å². The van der Waals surface area contributed by atoms with E-state index in [1.807, 2.05) is 13.0 Å². The van der Waals surface area contributed by atoms with Crippen molar-refractivity contribution < 1.29 is 14.3 Å². The number of hydrogen-bond donors (Lipinski definition) is 2. The Hall–Kier alpha value is -1.75. The Morgan fingerprint density at radius 1 is 1.42 bits per heavy atom. The highest BCUT2D eigenvalue weighted by molar-refractivity contribution is 5.91. The summed E-state index contributed by atoms with van der Waals surface area (Å²) in [5, 5.41) is 6.04. The van der Waals surface area contributed by atoms with Gasteiger partial charge in [0.1, 0.15) is 0 Å². The van der Waals surface area contributed by atoms with Crippen molar-refractivity contribution in [1.29, 1.82) is 0 Å². The zero-order valence-electron chi connectivity index (χ0n) is 11.4. The van der Waals surface area contributed by atoms with Gasteiger partial charge in [-0.1, -0.05) is 0 Å². The second kappa shape index (κ2) is 6.43. The molecule has 1 fully saturated rings. The molecule has 5 nitrogen and oxygen atoms in total. The van der Waals surface area contributed by atoms with Crippen molar-refractivity contribution >= 4 is 11.6 Å². The smallest absolute Gasteiger partial charge is 0.224 e. The number of anilines is 1. The summed E-state index contributed by atoms with van der Waals surface area (Å²) in [6, 6.07) is 5.41. The molecule has 1 heterocycles. The van der Waals surface area contributed by atoms with E-state index in [0.29, 0.717) is 30.4 Å². The standard InChI is InChI=1S/C14H20N2O3/c1-3-19-13-7-11(4-5-12(13)18-2)16-14(17)6-10-8-15-9-10/h4-5,7,10,15H,3,6,8-9H2,1-2H3,(H,16,17). The number of hydrogen-bond acceptors (Lipinski definition) is 4. The Bertz CT molecular complexity index is 444. The zero-order valence-corrected chi connectivity index (χ0v) is 11.4. The van der Waals surface area contributed by atoms with Crippen LogP contribution in [0.25, 0.3) is 0 Å². The minimum atomic E-state index is 0.0408. The molecule has 0 radical (unpaired) electrons. The predicted molar refractivity (Wildman–Crippen MR) is 73.8 cm³/mol. The number of benzene rings is 1. The molecule has 1 saturated heterocycles. The van der Waals surface area contributed by atoms with E-state index in [9.17, 15) is 4.79 Å². The van der Waals surface area contributed by atoms with Gasteiger partial charge in [-0.25, -0.2) is 0 Å². The van der Waals surface area contributed by atoms with Crippen molar-refractivity contribution in [3.8, 4) is 11.5 Å². The molecular formula is C14H20N2O3. The van der Waals surface area contributed by atoms with E-state index < -0.39 is 0 Å². The first-order valence-electron chi connectivity index (χ1n) is 6.54. The lowest BCUT2D eigenvalue weighted by molar-refractivity contribution is -0.117. The highest BCUT2D eigenvalue weighted by atomic mass is 16.5. The van der Waals surface area contributed by atoms with E-state index in [4.69, 9.17) is 9.47 Å². The molecule has 1 aliphatic heterocycles. The predicted octanol–water partition coefficient (Wildman–Crippen LogP) is 1.64. The molecule has 0 atom stereocenters. The quantitative estimate of drug-likeness (QED) is 0.820. The molecule has 1 aliphatic rings. The summed E-state index contributed by atoms with van der Waals surface area (Å²) in [5.74, 6) is 1.82. The van der Waals surface area contributed by atoms with Crippen LogP contribution in [0.5, 0.6) is 11.5 Å². The van der Waals surface area contributed by atoms with Crippen LogP contribution in [0.2, 0.25) is 0 Å². The number of amides is 1. The third-order valence-electron chi connectivity index (χ3n) is 3.09. The molecule has 5 heteroatoms. The van der Waals surface area contributed by atoms with Gasteiger partial charge in [0.2, 0.25) is 5.91 Å². The normalized spacial score (nSPS) is 14.6. The number of carbonyl (C=O) groups excluding carboxylic acids is 1. The van der Waals surface area contributed by atoms with Crippen LogP contribution < -0.4 is 20.1 Å². The lowest BCUT2D eigenvalue weighted by Gasteiger charge is -2.26. The monoisotopic (exact) mass is 264 g/mol. The fourth-order valence-electron chi connectivity index (χ4n) is 1.99. The van der Waals surface area contributed by atoms with E-state index in [1.54, 1.807) is 19.2 Å². The van der Waals surface area contributed by atoms with E-state index in [2.05, 4.69) is 10.6 Å². The van der Waals surface area contributed by atoms with Crippen LogP contribution in [0.1, 0.15) is 13.3 Å². The average molecular weight is 264 g/mol. The Morgan fingerprint density at radius 2 is 2.21 bits per heavy atom. The molecule has 2 rings (SSSR count). The summed E-state index contributed by atoms with van der Waals surface area (Å²) in [6.07, 6.45) is 0.559. The lowest BCUT2D eigenvalue weighted by atomic mass is 9.99. The maximum absolute atomic E-state index is 11.8. The highest BCUT2D eigenvalue weighted by Crippen LogP contribution is 2.30. The summed E-state index contributed by atoms with van der Waals surface area (Å²) in [6.45, 7) is 4.33. The third-order valence-corrected chi connectivity index (χ3v) is 3.09. The fourth-order valence-corrected chi connectivity index (χ4v) is 1.99. The Morgan fingerprint density at radius 3 is 2.79 bits per heavy atom. The maximum atomic E-state index is 11.8. The second-order valence-corrected chi connectivity index (χ2v) is 4.58. The summed E-state index contributed by atoms with van der Waals surface area (Å²) in [4.78, 5) is 11.8. The molecule has 0 spiro atoms. The zero-order chi connectivity index (χ0) is 13.7. The molecule has 104 valence electrons. The van der Waals surface area contributed by atoms with E-state index in [0.717, 1.165) is 18.8 Å².